The number of rotatable bonds is 3. The first-order valence-corrected chi connectivity index (χ1v) is 8.06. The van der Waals surface area contributed by atoms with E-state index in [9.17, 15) is 4.39 Å². The molecule has 0 radical (unpaired) electrons. The summed E-state index contributed by atoms with van der Waals surface area (Å²) in [5, 5.41) is 0. The number of hydrogen-bond donors (Lipinski definition) is 0. The van der Waals surface area contributed by atoms with E-state index in [0.717, 1.165) is 18.5 Å². The first-order chi connectivity index (χ1) is 10.8. The van der Waals surface area contributed by atoms with Gasteiger partial charge < -0.3 is 0 Å². The molecule has 2 unspecified atom stereocenters. The van der Waals surface area contributed by atoms with Crippen LogP contribution in [0.4, 0.5) is 4.39 Å². The van der Waals surface area contributed by atoms with Gasteiger partial charge in [0.1, 0.15) is 5.82 Å². The molecule has 0 saturated carbocycles. The lowest BCUT2D eigenvalue weighted by Gasteiger charge is -2.34. The van der Waals surface area contributed by atoms with Crippen LogP contribution in [0.2, 0.25) is 0 Å². The highest BCUT2D eigenvalue weighted by molar-refractivity contribution is 5.68. The Hall–Kier alpha value is -1.93. The van der Waals surface area contributed by atoms with E-state index in [2.05, 4.69) is 41.3 Å². The van der Waals surface area contributed by atoms with Gasteiger partial charge in [-0.25, -0.2) is 4.39 Å². The third kappa shape index (κ3) is 2.59. The van der Waals surface area contributed by atoms with E-state index < -0.39 is 0 Å². The molecule has 2 atom stereocenters. The van der Waals surface area contributed by atoms with E-state index in [1.807, 2.05) is 12.1 Å². The van der Waals surface area contributed by atoms with Gasteiger partial charge in [-0.1, -0.05) is 48.5 Å². The quantitative estimate of drug-likeness (QED) is 0.796. The molecule has 0 amide bonds. The maximum absolute atomic E-state index is 13.5. The lowest BCUT2D eigenvalue weighted by atomic mass is 9.94. The number of benzene rings is 2. The van der Waals surface area contributed by atoms with Crippen LogP contribution in [0.15, 0.2) is 60.7 Å². The molecule has 0 N–H and O–H groups in total. The van der Waals surface area contributed by atoms with Crippen molar-refractivity contribution in [1.82, 2.24) is 4.90 Å². The van der Waals surface area contributed by atoms with Crippen molar-refractivity contribution in [2.45, 2.75) is 37.9 Å². The van der Waals surface area contributed by atoms with Crippen molar-refractivity contribution in [1.29, 1.82) is 0 Å². The van der Waals surface area contributed by atoms with E-state index in [-0.39, 0.29) is 5.82 Å². The van der Waals surface area contributed by atoms with Gasteiger partial charge in [0.2, 0.25) is 0 Å². The van der Waals surface area contributed by atoms with Crippen molar-refractivity contribution in [2.24, 2.45) is 0 Å². The smallest absolute Gasteiger partial charge is 0.123 e. The Bertz CT molecular complexity index is 692. The maximum Gasteiger partial charge on any atom is 0.123 e. The van der Waals surface area contributed by atoms with Crippen molar-refractivity contribution in [3.05, 3.63) is 77.6 Å². The van der Waals surface area contributed by atoms with Crippen LogP contribution in [0.1, 0.15) is 30.4 Å². The van der Waals surface area contributed by atoms with Crippen LogP contribution in [0.25, 0.3) is 5.57 Å². The summed E-state index contributed by atoms with van der Waals surface area (Å²) in [6, 6.07) is 18.8. The molecule has 2 aliphatic rings. The molecular formula is C20H20FN. The summed E-state index contributed by atoms with van der Waals surface area (Å²) < 4.78 is 13.5. The van der Waals surface area contributed by atoms with Gasteiger partial charge >= 0.3 is 0 Å². The van der Waals surface area contributed by atoms with Crippen LogP contribution in [0.5, 0.6) is 0 Å². The van der Waals surface area contributed by atoms with Gasteiger partial charge in [-0.2, -0.15) is 0 Å². The molecule has 4 rings (SSSR count). The summed E-state index contributed by atoms with van der Waals surface area (Å²) in [6.07, 6.45) is 5.86. The second-order valence-electron chi connectivity index (χ2n) is 6.36. The fourth-order valence-electron chi connectivity index (χ4n) is 3.86. The fraction of sp³-hybridized carbons (Fsp3) is 0.300. The second kappa shape index (κ2) is 5.69. The van der Waals surface area contributed by atoms with Crippen molar-refractivity contribution in [3.8, 4) is 0 Å². The van der Waals surface area contributed by atoms with Crippen molar-refractivity contribution in [2.75, 3.05) is 0 Å². The topological polar surface area (TPSA) is 3.24 Å². The molecule has 22 heavy (non-hydrogen) atoms. The molecule has 2 aromatic rings. The van der Waals surface area contributed by atoms with Crippen LogP contribution >= 0.6 is 0 Å². The lowest BCUT2D eigenvalue weighted by Crippen LogP contribution is -2.37. The minimum atomic E-state index is -0.141. The number of fused-ring (bicyclic) bond motifs is 2. The summed E-state index contributed by atoms with van der Waals surface area (Å²) in [4.78, 5) is 2.61. The molecular weight excluding hydrogens is 273 g/mol. The van der Waals surface area contributed by atoms with E-state index in [1.165, 1.54) is 30.0 Å². The SMILES string of the molecule is Fc1cccc(C2=CC3CCC(C2)N3Cc2ccccc2)c1. The molecule has 2 heterocycles. The molecule has 0 spiro atoms. The van der Waals surface area contributed by atoms with E-state index in [0.29, 0.717) is 12.1 Å². The highest BCUT2D eigenvalue weighted by Gasteiger charge is 2.36. The number of nitrogens with zero attached hydrogens (tertiary/aromatic N) is 1. The minimum Gasteiger partial charge on any atom is -0.289 e. The van der Waals surface area contributed by atoms with Crippen LogP contribution < -0.4 is 0 Å². The molecule has 112 valence electrons. The molecule has 1 nitrogen and oxygen atoms in total. The van der Waals surface area contributed by atoms with Gasteiger partial charge in [0, 0.05) is 18.6 Å². The number of hydrogen-bond acceptors (Lipinski definition) is 1. The Morgan fingerprint density at radius 2 is 1.86 bits per heavy atom. The molecule has 1 saturated heterocycles. The third-order valence-corrected chi connectivity index (χ3v) is 4.94. The average Bonchev–Trinajstić information content (AvgIpc) is 2.78. The Morgan fingerprint density at radius 1 is 1.00 bits per heavy atom. The van der Waals surface area contributed by atoms with Gasteiger partial charge in [0.25, 0.3) is 0 Å². The summed E-state index contributed by atoms with van der Waals surface area (Å²) >= 11 is 0. The van der Waals surface area contributed by atoms with Crippen molar-refractivity contribution >= 4 is 5.57 Å². The van der Waals surface area contributed by atoms with E-state index in [1.54, 1.807) is 6.07 Å². The molecule has 2 bridgehead atoms. The van der Waals surface area contributed by atoms with Crippen molar-refractivity contribution in [3.63, 3.8) is 0 Å². The first-order valence-electron chi connectivity index (χ1n) is 8.06. The van der Waals surface area contributed by atoms with E-state index in [4.69, 9.17) is 0 Å². The summed E-state index contributed by atoms with van der Waals surface area (Å²) in [6.45, 7) is 1.02. The predicted octanol–water partition coefficient (Wildman–Crippen LogP) is 4.65. The number of halogens is 1. The lowest BCUT2D eigenvalue weighted by molar-refractivity contribution is 0.203. The monoisotopic (exact) mass is 293 g/mol. The Balaban J connectivity index is 1.57. The summed E-state index contributed by atoms with van der Waals surface area (Å²) in [5.41, 5.74) is 3.74. The molecule has 2 heteroatoms. The second-order valence-corrected chi connectivity index (χ2v) is 6.36. The molecule has 2 aromatic carbocycles. The Morgan fingerprint density at radius 3 is 2.64 bits per heavy atom. The van der Waals surface area contributed by atoms with Crippen LogP contribution in [0, 0.1) is 5.82 Å². The normalized spacial score (nSPS) is 24.3. The molecule has 2 aliphatic heterocycles. The average molecular weight is 293 g/mol. The van der Waals surface area contributed by atoms with Gasteiger partial charge in [0.05, 0.1) is 0 Å². The fourth-order valence-corrected chi connectivity index (χ4v) is 3.86. The Labute approximate surface area is 131 Å². The highest BCUT2D eigenvalue weighted by atomic mass is 19.1. The van der Waals surface area contributed by atoms with Crippen LogP contribution in [-0.4, -0.2) is 17.0 Å². The Kier molecular flexibility index (Phi) is 3.55. The predicted molar refractivity (Wildman–Crippen MR) is 87.8 cm³/mol. The standard InChI is InChI=1S/C20H20FN/c21-18-8-4-7-16(11-18)17-12-19-9-10-20(13-17)22(19)14-15-5-2-1-3-6-15/h1-8,11-12,19-20H,9-10,13-14H2. The van der Waals surface area contributed by atoms with Crippen LogP contribution in [0.3, 0.4) is 0 Å². The largest absolute Gasteiger partial charge is 0.289 e. The zero-order valence-corrected chi connectivity index (χ0v) is 12.6. The highest BCUT2D eigenvalue weighted by Crippen LogP contribution is 2.39. The van der Waals surface area contributed by atoms with Crippen LogP contribution in [-0.2, 0) is 6.54 Å². The maximum atomic E-state index is 13.5. The summed E-state index contributed by atoms with van der Waals surface area (Å²) in [5.74, 6) is -0.141. The van der Waals surface area contributed by atoms with E-state index >= 15 is 0 Å². The first kappa shape index (κ1) is 13.7. The van der Waals surface area contributed by atoms with Gasteiger partial charge in [-0.15, -0.1) is 0 Å². The molecule has 1 fully saturated rings. The van der Waals surface area contributed by atoms with Gasteiger partial charge in [-0.05, 0) is 48.1 Å². The third-order valence-electron chi connectivity index (χ3n) is 4.94. The zero-order chi connectivity index (χ0) is 14.9. The van der Waals surface area contributed by atoms with Crippen molar-refractivity contribution < 1.29 is 4.39 Å². The molecule has 0 aromatic heterocycles. The summed E-state index contributed by atoms with van der Waals surface area (Å²) in [7, 11) is 0. The molecule has 0 aliphatic carbocycles. The van der Waals surface area contributed by atoms with Gasteiger partial charge in [-0.3, -0.25) is 4.90 Å². The minimum absolute atomic E-state index is 0.141. The zero-order valence-electron chi connectivity index (χ0n) is 12.6. The van der Waals surface area contributed by atoms with Gasteiger partial charge in [0.15, 0.2) is 0 Å².